The number of likely N-dealkylation sites (tertiary alicyclic amines) is 1. The minimum absolute atomic E-state index is 0.0538. The van der Waals surface area contributed by atoms with E-state index in [1.54, 1.807) is 0 Å². The number of benzene rings is 1. The summed E-state index contributed by atoms with van der Waals surface area (Å²) in [5, 5.41) is 0. The van der Waals surface area contributed by atoms with Crippen LogP contribution in [-0.4, -0.2) is 61.0 Å². The molecular formula is C23H34N2O3. The maximum absolute atomic E-state index is 12.7. The number of aryl methyl sites for hydroxylation is 1. The third kappa shape index (κ3) is 5.34. The van der Waals surface area contributed by atoms with Gasteiger partial charge in [-0.15, -0.1) is 0 Å². The predicted molar refractivity (Wildman–Crippen MR) is 110 cm³/mol. The second-order valence-corrected chi connectivity index (χ2v) is 9.06. The molecule has 1 aromatic rings. The molecule has 2 heterocycles. The molecular weight excluding hydrogens is 352 g/mol. The molecule has 154 valence electrons. The number of carbonyl (C=O) groups is 2. The Morgan fingerprint density at radius 2 is 1.71 bits per heavy atom. The molecule has 28 heavy (non-hydrogen) atoms. The van der Waals surface area contributed by atoms with E-state index in [1.165, 1.54) is 11.1 Å². The summed E-state index contributed by atoms with van der Waals surface area (Å²) < 4.78 is 5.34. The van der Waals surface area contributed by atoms with Gasteiger partial charge in [0.05, 0.1) is 19.1 Å². The molecule has 2 aliphatic rings. The van der Waals surface area contributed by atoms with E-state index < -0.39 is 0 Å². The normalized spacial score (nSPS) is 20.9. The van der Waals surface area contributed by atoms with Crippen LogP contribution in [0.3, 0.4) is 0 Å². The highest BCUT2D eigenvalue weighted by Gasteiger charge is 2.31. The van der Waals surface area contributed by atoms with Gasteiger partial charge in [0.2, 0.25) is 11.8 Å². The van der Waals surface area contributed by atoms with Crippen LogP contribution in [0.5, 0.6) is 0 Å². The van der Waals surface area contributed by atoms with Gasteiger partial charge in [0.15, 0.2) is 0 Å². The van der Waals surface area contributed by atoms with E-state index in [0.29, 0.717) is 39.3 Å². The zero-order chi connectivity index (χ0) is 20.1. The predicted octanol–water partition coefficient (Wildman–Crippen LogP) is 3.01. The summed E-state index contributed by atoms with van der Waals surface area (Å²) in [6.07, 6.45) is 3.05. The van der Waals surface area contributed by atoms with E-state index in [0.717, 1.165) is 25.8 Å². The summed E-state index contributed by atoms with van der Waals surface area (Å²) in [6, 6.07) is 8.60. The van der Waals surface area contributed by atoms with Crippen molar-refractivity contribution in [3.05, 3.63) is 35.4 Å². The quantitative estimate of drug-likeness (QED) is 0.799. The molecule has 0 aromatic heterocycles. The molecule has 3 rings (SSSR count). The van der Waals surface area contributed by atoms with Crippen LogP contribution < -0.4 is 0 Å². The molecule has 5 nitrogen and oxygen atoms in total. The number of rotatable bonds is 4. The third-order valence-electron chi connectivity index (χ3n) is 5.89. The summed E-state index contributed by atoms with van der Waals surface area (Å²) in [7, 11) is 0. The van der Waals surface area contributed by atoms with E-state index >= 15 is 0 Å². The number of hydrogen-bond acceptors (Lipinski definition) is 3. The molecule has 0 spiro atoms. The van der Waals surface area contributed by atoms with Crippen LogP contribution in [-0.2, 0) is 26.2 Å². The smallest absolute Gasteiger partial charge is 0.227 e. The van der Waals surface area contributed by atoms with Crippen LogP contribution in [0.2, 0.25) is 0 Å². The van der Waals surface area contributed by atoms with Crippen LogP contribution in [0.1, 0.15) is 51.2 Å². The van der Waals surface area contributed by atoms with Crippen LogP contribution in [0.4, 0.5) is 0 Å². The van der Waals surface area contributed by atoms with E-state index in [1.807, 2.05) is 9.80 Å². The summed E-state index contributed by atoms with van der Waals surface area (Å²) in [6.45, 7) is 10.5. The molecule has 2 saturated heterocycles. The monoisotopic (exact) mass is 386 g/mol. The average Bonchev–Trinajstić information content (AvgIpc) is 2.72. The number of amides is 2. The first kappa shape index (κ1) is 20.8. The van der Waals surface area contributed by atoms with Gasteiger partial charge in [-0.1, -0.05) is 45.0 Å². The minimum Gasteiger partial charge on any atom is -0.378 e. The van der Waals surface area contributed by atoms with Crippen LogP contribution in [0, 0.1) is 5.92 Å². The van der Waals surface area contributed by atoms with Crippen molar-refractivity contribution in [1.82, 2.24) is 9.80 Å². The number of nitrogens with zero attached hydrogens (tertiary/aromatic N) is 2. The number of piperidine rings is 1. The molecule has 0 aliphatic carbocycles. The third-order valence-corrected chi connectivity index (χ3v) is 5.89. The second kappa shape index (κ2) is 9.08. The Labute approximate surface area is 169 Å². The summed E-state index contributed by atoms with van der Waals surface area (Å²) >= 11 is 0. The first-order chi connectivity index (χ1) is 13.3. The van der Waals surface area contributed by atoms with Gasteiger partial charge in [-0.05, 0) is 35.8 Å². The van der Waals surface area contributed by atoms with Gasteiger partial charge in [-0.3, -0.25) is 9.59 Å². The molecule has 2 aliphatic heterocycles. The number of morpholine rings is 1. The van der Waals surface area contributed by atoms with Crippen molar-refractivity contribution in [2.24, 2.45) is 5.92 Å². The molecule has 2 amide bonds. The zero-order valence-electron chi connectivity index (χ0n) is 17.6. The Hall–Kier alpha value is -1.88. The fourth-order valence-corrected chi connectivity index (χ4v) is 4.03. The van der Waals surface area contributed by atoms with Crippen molar-refractivity contribution in [2.45, 2.75) is 51.9 Å². The Bertz CT molecular complexity index is 672. The lowest BCUT2D eigenvalue weighted by molar-refractivity contribution is -0.144. The van der Waals surface area contributed by atoms with E-state index in [2.05, 4.69) is 45.0 Å². The fourth-order valence-electron chi connectivity index (χ4n) is 4.03. The highest BCUT2D eigenvalue weighted by molar-refractivity contribution is 5.81. The van der Waals surface area contributed by atoms with E-state index in [4.69, 9.17) is 4.74 Å². The molecule has 5 heteroatoms. The molecule has 2 fully saturated rings. The molecule has 0 N–H and O–H groups in total. The lowest BCUT2D eigenvalue weighted by atomic mass is 9.86. The second-order valence-electron chi connectivity index (χ2n) is 9.06. The SMILES string of the molecule is CC(C)(C)c1ccc(CCC(=O)N2CCCC(C(=O)N3CCOCC3)C2)cc1. The van der Waals surface area contributed by atoms with Crippen molar-refractivity contribution >= 4 is 11.8 Å². The molecule has 1 atom stereocenters. The molecule has 0 radical (unpaired) electrons. The van der Waals surface area contributed by atoms with Gasteiger partial charge in [-0.25, -0.2) is 0 Å². The van der Waals surface area contributed by atoms with Crippen molar-refractivity contribution in [3.8, 4) is 0 Å². The van der Waals surface area contributed by atoms with Crippen LogP contribution in [0.15, 0.2) is 24.3 Å². The molecule has 1 aromatic carbocycles. The Morgan fingerprint density at radius 3 is 2.36 bits per heavy atom. The summed E-state index contributed by atoms with van der Waals surface area (Å²) in [5.41, 5.74) is 2.65. The standard InChI is InChI=1S/C23H34N2O3/c1-23(2,3)20-9-6-18(7-10-20)8-11-21(26)25-12-4-5-19(17-25)22(27)24-13-15-28-16-14-24/h6-7,9-10,19H,4-5,8,11-17H2,1-3H3. The first-order valence-corrected chi connectivity index (χ1v) is 10.6. The lowest BCUT2D eigenvalue weighted by Crippen LogP contribution is -2.49. The van der Waals surface area contributed by atoms with Gasteiger partial charge in [0.25, 0.3) is 0 Å². The fraction of sp³-hybridized carbons (Fsp3) is 0.652. The molecule has 0 bridgehead atoms. The van der Waals surface area contributed by atoms with Gasteiger partial charge < -0.3 is 14.5 Å². The molecule has 0 saturated carbocycles. The average molecular weight is 387 g/mol. The number of hydrogen-bond donors (Lipinski definition) is 0. The van der Waals surface area contributed by atoms with E-state index in [9.17, 15) is 9.59 Å². The maximum Gasteiger partial charge on any atom is 0.227 e. The van der Waals surface area contributed by atoms with E-state index in [-0.39, 0.29) is 23.1 Å². The molecule has 1 unspecified atom stereocenters. The van der Waals surface area contributed by atoms with Gasteiger partial charge in [0.1, 0.15) is 0 Å². The van der Waals surface area contributed by atoms with Gasteiger partial charge in [0, 0.05) is 32.6 Å². The van der Waals surface area contributed by atoms with Crippen molar-refractivity contribution in [3.63, 3.8) is 0 Å². The first-order valence-electron chi connectivity index (χ1n) is 10.6. The van der Waals surface area contributed by atoms with Crippen molar-refractivity contribution in [2.75, 3.05) is 39.4 Å². The largest absolute Gasteiger partial charge is 0.378 e. The number of carbonyl (C=O) groups excluding carboxylic acids is 2. The Morgan fingerprint density at radius 1 is 1.04 bits per heavy atom. The highest BCUT2D eigenvalue weighted by Crippen LogP contribution is 2.23. The maximum atomic E-state index is 12.7. The highest BCUT2D eigenvalue weighted by atomic mass is 16.5. The zero-order valence-corrected chi connectivity index (χ0v) is 17.6. The van der Waals surface area contributed by atoms with Crippen LogP contribution in [0.25, 0.3) is 0 Å². The lowest BCUT2D eigenvalue weighted by Gasteiger charge is -2.36. The Balaban J connectivity index is 1.50. The van der Waals surface area contributed by atoms with Crippen molar-refractivity contribution < 1.29 is 14.3 Å². The topological polar surface area (TPSA) is 49.9 Å². The van der Waals surface area contributed by atoms with Crippen LogP contribution >= 0.6 is 0 Å². The van der Waals surface area contributed by atoms with Gasteiger partial charge >= 0.3 is 0 Å². The number of ether oxygens (including phenoxy) is 1. The van der Waals surface area contributed by atoms with Gasteiger partial charge in [-0.2, -0.15) is 0 Å². The summed E-state index contributed by atoms with van der Waals surface area (Å²) in [4.78, 5) is 29.3. The summed E-state index contributed by atoms with van der Waals surface area (Å²) in [5.74, 6) is 0.305. The Kier molecular flexibility index (Phi) is 6.76. The van der Waals surface area contributed by atoms with Crippen molar-refractivity contribution in [1.29, 1.82) is 0 Å². The minimum atomic E-state index is -0.0538.